The highest BCUT2D eigenvalue weighted by Crippen LogP contribution is 2.38. The predicted molar refractivity (Wildman–Crippen MR) is 113 cm³/mol. The molecule has 2 aromatic heterocycles. The molecular weight excluding hydrogens is 401 g/mol. The highest BCUT2D eigenvalue weighted by Gasteiger charge is 2.34. The number of fused-ring (bicyclic) bond motifs is 2. The molecule has 160 valence electrons. The van der Waals surface area contributed by atoms with Crippen LogP contribution in [-0.2, 0) is 4.79 Å². The molecule has 5 rings (SSSR count). The number of aromatic nitrogens is 2. The van der Waals surface area contributed by atoms with Gasteiger partial charge in [-0.3, -0.25) is 9.69 Å². The molecule has 2 N–H and O–H groups in total. The molecular formula is C23H22FN3O4. The van der Waals surface area contributed by atoms with Gasteiger partial charge in [-0.1, -0.05) is 17.3 Å². The van der Waals surface area contributed by atoms with Crippen molar-refractivity contribution in [3.63, 3.8) is 0 Å². The van der Waals surface area contributed by atoms with Crippen molar-refractivity contribution >= 4 is 27.8 Å². The molecule has 31 heavy (non-hydrogen) atoms. The van der Waals surface area contributed by atoms with Gasteiger partial charge < -0.3 is 19.4 Å². The number of carboxylic acids is 1. The van der Waals surface area contributed by atoms with E-state index in [9.17, 15) is 14.3 Å². The number of ether oxygens (including phenoxy) is 1. The van der Waals surface area contributed by atoms with Gasteiger partial charge in [-0.2, -0.15) is 0 Å². The molecule has 1 fully saturated rings. The van der Waals surface area contributed by atoms with Crippen LogP contribution in [-0.4, -0.2) is 46.3 Å². The Morgan fingerprint density at radius 3 is 2.84 bits per heavy atom. The number of hydrogen-bond acceptors (Lipinski definition) is 5. The second-order valence-electron chi connectivity index (χ2n) is 7.89. The number of aromatic amines is 1. The van der Waals surface area contributed by atoms with Crippen molar-refractivity contribution in [1.82, 2.24) is 15.0 Å². The van der Waals surface area contributed by atoms with Crippen molar-refractivity contribution in [2.24, 2.45) is 0 Å². The Morgan fingerprint density at radius 2 is 2.10 bits per heavy atom. The lowest BCUT2D eigenvalue weighted by molar-refractivity contribution is -0.144. The number of carbonyl (C=O) groups is 1. The van der Waals surface area contributed by atoms with Gasteiger partial charge in [0.1, 0.15) is 17.6 Å². The Hall–Kier alpha value is -3.39. The number of methoxy groups -OCH3 is 1. The number of nitrogens with one attached hydrogen (secondary N) is 1. The summed E-state index contributed by atoms with van der Waals surface area (Å²) in [4.78, 5) is 17.4. The first-order chi connectivity index (χ1) is 15.1. The third kappa shape index (κ3) is 3.33. The molecule has 1 unspecified atom stereocenters. The maximum Gasteiger partial charge on any atom is 0.325 e. The standard InChI is InChI=1S/C23H22FN3O4/c1-30-18-4-2-3-15-17(12-25-21(15)18)22(23(28)29)27-9-7-13(8-10-27)20-16-6-5-14(24)11-19(16)31-26-20/h2-6,11-13,22,25H,7-10H2,1H3,(H,28,29). The molecule has 1 aliphatic heterocycles. The number of carboxylic acid groups (broad SMARTS) is 1. The predicted octanol–water partition coefficient (Wildman–Crippen LogP) is 4.46. The van der Waals surface area contributed by atoms with E-state index in [0.717, 1.165) is 40.4 Å². The number of rotatable bonds is 5. The number of halogens is 1. The third-order valence-electron chi connectivity index (χ3n) is 6.20. The van der Waals surface area contributed by atoms with Crippen LogP contribution < -0.4 is 4.74 Å². The zero-order valence-corrected chi connectivity index (χ0v) is 17.0. The van der Waals surface area contributed by atoms with Crippen LogP contribution in [0.1, 0.15) is 36.1 Å². The van der Waals surface area contributed by atoms with Gasteiger partial charge in [0.05, 0.1) is 18.3 Å². The molecule has 0 aliphatic carbocycles. The molecule has 1 saturated heterocycles. The second kappa shape index (κ2) is 7.70. The van der Waals surface area contributed by atoms with Gasteiger partial charge in [-0.05, 0) is 44.1 Å². The fraction of sp³-hybridized carbons (Fsp3) is 0.304. The third-order valence-corrected chi connectivity index (χ3v) is 6.20. The summed E-state index contributed by atoms with van der Waals surface area (Å²) in [7, 11) is 1.59. The largest absolute Gasteiger partial charge is 0.495 e. The maximum absolute atomic E-state index is 13.4. The minimum Gasteiger partial charge on any atom is -0.495 e. The zero-order valence-electron chi connectivity index (χ0n) is 17.0. The van der Waals surface area contributed by atoms with Crippen molar-refractivity contribution in [3.05, 3.63) is 59.7 Å². The van der Waals surface area contributed by atoms with Crippen LogP contribution in [0.4, 0.5) is 4.39 Å². The molecule has 2 aromatic carbocycles. The van der Waals surface area contributed by atoms with Crippen molar-refractivity contribution in [2.75, 3.05) is 20.2 Å². The second-order valence-corrected chi connectivity index (χ2v) is 7.89. The first-order valence-electron chi connectivity index (χ1n) is 10.2. The van der Waals surface area contributed by atoms with Crippen LogP contribution in [0.2, 0.25) is 0 Å². The fourth-order valence-corrected chi connectivity index (χ4v) is 4.69. The van der Waals surface area contributed by atoms with E-state index in [-0.39, 0.29) is 11.7 Å². The van der Waals surface area contributed by atoms with Crippen LogP contribution in [0.3, 0.4) is 0 Å². The highest BCUT2D eigenvalue weighted by molar-refractivity contribution is 5.92. The molecule has 3 heterocycles. The average molecular weight is 423 g/mol. The van der Waals surface area contributed by atoms with E-state index in [0.29, 0.717) is 24.4 Å². The summed E-state index contributed by atoms with van der Waals surface area (Å²) in [5.74, 6) is -0.421. The summed E-state index contributed by atoms with van der Waals surface area (Å²) in [6.07, 6.45) is 3.25. The molecule has 4 aromatic rings. The Morgan fingerprint density at radius 1 is 1.29 bits per heavy atom. The Labute approximate surface area is 177 Å². The molecule has 0 amide bonds. The molecule has 1 aliphatic rings. The van der Waals surface area contributed by atoms with Gasteiger partial charge in [0.15, 0.2) is 5.58 Å². The highest BCUT2D eigenvalue weighted by atomic mass is 19.1. The summed E-state index contributed by atoms with van der Waals surface area (Å²) < 4.78 is 24.1. The van der Waals surface area contributed by atoms with E-state index in [1.165, 1.54) is 12.1 Å². The molecule has 0 radical (unpaired) electrons. The van der Waals surface area contributed by atoms with Crippen molar-refractivity contribution in [3.8, 4) is 5.75 Å². The van der Waals surface area contributed by atoms with Crippen molar-refractivity contribution < 1.29 is 23.6 Å². The maximum atomic E-state index is 13.4. The zero-order chi connectivity index (χ0) is 21.5. The van der Waals surface area contributed by atoms with E-state index in [2.05, 4.69) is 10.1 Å². The van der Waals surface area contributed by atoms with Gasteiger partial charge in [0.2, 0.25) is 0 Å². The van der Waals surface area contributed by atoms with Crippen LogP contribution in [0, 0.1) is 5.82 Å². The van der Waals surface area contributed by atoms with Gasteiger partial charge in [0, 0.05) is 34.5 Å². The van der Waals surface area contributed by atoms with E-state index >= 15 is 0 Å². The normalized spacial score (nSPS) is 16.7. The van der Waals surface area contributed by atoms with E-state index in [4.69, 9.17) is 9.26 Å². The molecule has 0 saturated carbocycles. The SMILES string of the molecule is COc1cccc2c(C(C(=O)O)N3CCC(c4noc5cc(F)ccc45)CC3)c[nH]c12. The summed E-state index contributed by atoms with van der Waals surface area (Å²) in [6.45, 7) is 1.21. The number of benzene rings is 2. The van der Waals surface area contributed by atoms with Crippen LogP contribution in [0.15, 0.2) is 47.1 Å². The van der Waals surface area contributed by atoms with Gasteiger partial charge >= 0.3 is 5.97 Å². The van der Waals surface area contributed by atoms with Gasteiger partial charge in [0.25, 0.3) is 0 Å². The first kappa shape index (κ1) is 19.6. The topological polar surface area (TPSA) is 91.6 Å². The molecule has 1 atom stereocenters. The Bertz CT molecular complexity index is 1260. The lowest BCUT2D eigenvalue weighted by Crippen LogP contribution is -2.39. The van der Waals surface area contributed by atoms with Crippen molar-refractivity contribution in [2.45, 2.75) is 24.8 Å². The number of hydrogen-bond donors (Lipinski definition) is 2. The van der Waals surface area contributed by atoms with Crippen molar-refractivity contribution in [1.29, 1.82) is 0 Å². The lowest BCUT2D eigenvalue weighted by Gasteiger charge is -2.35. The summed E-state index contributed by atoms with van der Waals surface area (Å²) in [6, 6.07) is 9.30. The van der Waals surface area contributed by atoms with Crippen LogP contribution >= 0.6 is 0 Å². The molecule has 7 nitrogen and oxygen atoms in total. The van der Waals surface area contributed by atoms with Gasteiger partial charge in [-0.25, -0.2) is 4.39 Å². The smallest absolute Gasteiger partial charge is 0.325 e. The van der Waals surface area contributed by atoms with Crippen LogP contribution in [0.25, 0.3) is 21.9 Å². The summed E-state index contributed by atoms with van der Waals surface area (Å²) in [5.41, 5.74) is 2.77. The molecule has 0 spiro atoms. The van der Waals surface area contributed by atoms with E-state index < -0.39 is 12.0 Å². The minimum atomic E-state index is -0.885. The quantitative estimate of drug-likeness (QED) is 0.492. The summed E-state index contributed by atoms with van der Waals surface area (Å²) in [5, 5.41) is 15.9. The molecule has 8 heteroatoms. The average Bonchev–Trinajstić information content (AvgIpc) is 3.38. The Kier molecular flexibility index (Phi) is 4.86. The molecule has 0 bridgehead atoms. The lowest BCUT2D eigenvalue weighted by atomic mass is 9.90. The number of likely N-dealkylation sites (tertiary alicyclic amines) is 1. The number of aliphatic carboxylic acids is 1. The number of para-hydroxylation sites is 1. The summed E-state index contributed by atoms with van der Waals surface area (Å²) >= 11 is 0. The fourth-order valence-electron chi connectivity index (χ4n) is 4.69. The van der Waals surface area contributed by atoms with Gasteiger partial charge in [-0.15, -0.1) is 0 Å². The van der Waals surface area contributed by atoms with Crippen LogP contribution in [0.5, 0.6) is 5.75 Å². The van der Waals surface area contributed by atoms with E-state index in [1.807, 2.05) is 23.1 Å². The first-order valence-corrected chi connectivity index (χ1v) is 10.2. The monoisotopic (exact) mass is 423 g/mol. The number of nitrogens with zero attached hydrogens (tertiary/aromatic N) is 2. The number of H-pyrrole nitrogens is 1. The van der Waals surface area contributed by atoms with E-state index in [1.54, 1.807) is 19.4 Å². The minimum absolute atomic E-state index is 0.139. The number of piperidine rings is 1. The Balaban J connectivity index is 1.40.